The van der Waals surface area contributed by atoms with E-state index in [2.05, 4.69) is 52.0 Å². The zero-order chi connectivity index (χ0) is 11.8. The van der Waals surface area contributed by atoms with Gasteiger partial charge in [0.05, 0.1) is 6.10 Å². The summed E-state index contributed by atoms with van der Waals surface area (Å²) in [6.07, 6.45) is 1.44. The van der Waals surface area contributed by atoms with E-state index in [1.165, 1.54) is 11.1 Å². The summed E-state index contributed by atoms with van der Waals surface area (Å²) in [5.41, 5.74) is 3.24. The number of ether oxygens (including phenoxy) is 1. The average Bonchev–Trinajstić information content (AvgIpc) is 2.55. The third-order valence-electron chi connectivity index (χ3n) is 3.50. The Kier molecular flexibility index (Phi) is 3.07. The van der Waals surface area contributed by atoms with E-state index >= 15 is 0 Å². The van der Waals surface area contributed by atoms with Gasteiger partial charge in [-0.2, -0.15) is 0 Å². The van der Waals surface area contributed by atoms with E-state index in [4.69, 9.17) is 4.74 Å². The number of hydrogen-bond acceptors (Lipinski definition) is 1. The molecule has 0 aromatic heterocycles. The van der Waals surface area contributed by atoms with Gasteiger partial charge in [-0.15, -0.1) is 0 Å². The van der Waals surface area contributed by atoms with Crippen LogP contribution in [-0.4, -0.2) is 12.7 Å². The maximum absolute atomic E-state index is 5.92. The summed E-state index contributed by atoms with van der Waals surface area (Å²) in [5.74, 6) is 0.531. The highest BCUT2D eigenvalue weighted by molar-refractivity contribution is 5.38. The van der Waals surface area contributed by atoms with Gasteiger partial charge in [0, 0.05) is 12.5 Å². The molecule has 0 radical (unpaired) electrons. The lowest BCUT2D eigenvalue weighted by Gasteiger charge is -2.32. The second-order valence-electron chi connectivity index (χ2n) is 5.74. The van der Waals surface area contributed by atoms with E-state index < -0.39 is 0 Å². The highest BCUT2D eigenvalue weighted by Crippen LogP contribution is 2.45. The van der Waals surface area contributed by atoms with Crippen molar-refractivity contribution in [1.29, 1.82) is 0 Å². The Morgan fingerprint density at radius 1 is 1.25 bits per heavy atom. The summed E-state index contributed by atoms with van der Waals surface area (Å²) >= 11 is 0. The summed E-state index contributed by atoms with van der Waals surface area (Å²) in [6, 6.07) is 8.79. The van der Waals surface area contributed by atoms with Crippen LogP contribution in [0, 0.1) is 5.41 Å². The molecule has 2 atom stereocenters. The monoisotopic (exact) mass is 218 g/mol. The lowest BCUT2D eigenvalue weighted by atomic mass is 9.76. The average molecular weight is 218 g/mol. The van der Waals surface area contributed by atoms with Gasteiger partial charge in [-0.3, -0.25) is 0 Å². The van der Waals surface area contributed by atoms with Gasteiger partial charge in [-0.05, 0) is 29.9 Å². The van der Waals surface area contributed by atoms with Crippen molar-refractivity contribution in [2.45, 2.75) is 46.1 Å². The number of rotatable bonds is 2. The normalized spacial score (nSPS) is 24.5. The van der Waals surface area contributed by atoms with E-state index in [-0.39, 0.29) is 5.41 Å². The summed E-state index contributed by atoms with van der Waals surface area (Å²) < 4.78 is 5.92. The maximum atomic E-state index is 5.92. The molecule has 1 aliphatic rings. The second-order valence-corrected chi connectivity index (χ2v) is 5.74. The Morgan fingerprint density at radius 2 is 1.94 bits per heavy atom. The fraction of sp³-hybridized carbons (Fsp3) is 0.600. The second kappa shape index (κ2) is 4.21. The molecule has 1 aromatic rings. The summed E-state index contributed by atoms with van der Waals surface area (Å²) in [4.78, 5) is 0. The predicted octanol–water partition coefficient (Wildman–Crippen LogP) is 3.78. The number of benzene rings is 1. The van der Waals surface area contributed by atoms with Gasteiger partial charge in [0.25, 0.3) is 0 Å². The Balaban J connectivity index is 2.36. The molecule has 2 rings (SSSR count). The fourth-order valence-electron chi connectivity index (χ4n) is 2.95. The minimum atomic E-state index is 0.270. The largest absolute Gasteiger partial charge is 0.378 e. The molecule has 2 unspecified atom stereocenters. The molecule has 0 spiro atoms. The van der Waals surface area contributed by atoms with E-state index in [1.807, 2.05) is 0 Å². The molecule has 0 saturated heterocycles. The highest BCUT2D eigenvalue weighted by atomic mass is 16.5. The molecular formula is C15H22O. The van der Waals surface area contributed by atoms with Crippen LogP contribution in [-0.2, 0) is 11.2 Å². The molecule has 1 heteroatoms. The quantitative estimate of drug-likeness (QED) is 0.734. The van der Waals surface area contributed by atoms with Crippen molar-refractivity contribution in [3.05, 3.63) is 35.4 Å². The first-order valence-corrected chi connectivity index (χ1v) is 6.23. The summed E-state index contributed by atoms with van der Waals surface area (Å²) in [5, 5.41) is 0. The highest BCUT2D eigenvalue weighted by Gasteiger charge is 2.40. The van der Waals surface area contributed by atoms with Crippen LogP contribution >= 0.6 is 0 Å². The molecule has 1 aromatic carbocycles. The van der Waals surface area contributed by atoms with Gasteiger partial charge >= 0.3 is 0 Å². The van der Waals surface area contributed by atoms with Crippen LogP contribution in [0.2, 0.25) is 0 Å². The molecule has 0 fully saturated rings. The SMILES string of the molecule is CCOC1Cc2ccccc2C1C(C)(C)C. The molecule has 0 aliphatic heterocycles. The van der Waals surface area contributed by atoms with Crippen LogP contribution in [0.3, 0.4) is 0 Å². The molecule has 1 nitrogen and oxygen atoms in total. The van der Waals surface area contributed by atoms with Crippen LogP contribution in [0.25, 0.3) is 0 Å². The topological polar surface area (TPSA) is 9.23 Å². The van der Waals surface area contributed by atoms with Crippen molar-refractivity contribution < 1.29 is 4.74 Å². The van der Waals surface area contributed by atoms with Crippen molar-refractivity contribution in [2.24, 2.45) is 5.41 Å². The van der Waals surface area contributed by atoms with Crippen molar-refractivity contribution in [3.63, 3.8) is 0 Å². The third-order valence-corrected chi connectivity index (χ3v) is 3.50. The Morgan fingerprint density at radius 3 is 2.56 bits per heavy atom. The van der Waals surface area contributed by atoms with Crippen molar-refractivity contribution in [3.8, 4) is 0 Å². The lowest BCUT2D eigenvalue weighted by molar-refractivity contribution is 0.0235. The van der Waals surface area contributed by atoms with Gasteiger partial charge in [0.15, 0.2) is 0 Å². The Hall–Kier alpha value is -0.820. The predicted molar refractivity (Wildman–Crippen MR) is 67.8 cm³/mol. The Labute approximate surface area is 98.8 Å². The van der Waals surface area contributed by atoms with Crippen molar-refractivity contribution in [1.82, 2.24) is 0 Å². The third kappa shape index (κ3) is 2.01. The van der Waals surface area contributed by atoms with E-state index in [0.717, 1.165) is 13.0 Å². The van der Waals surface area contributed by atoms with Crippen LogP contribution in [0.1, 0.15) is 44.7 Å². The fourth-order valence-corrected chi connectivity index (χ4v) is 2.95. The first-order valence-electron chi connectivity index (χ1n) is 6.23. The Bertz CT molecular complexity index is 362. The maximum Gasteiger partial charge on any atom is 0.0688 e. The molecule has 0 saturated carbocycles. The van der Waals surface area contributed by atoms with E-state index in [0.29, 0.717) is 12.0 Å². The lowest BCUT2D eigenvalue weighted by Crippen LogP contribution is -2.29. The minimum Gasteiger partial charge on any atom is -0.378 e. The van der Waals surface area contributed by atoms with Gasteiger partial charge in [-0.25, -0.2) is 0 Å². The molecule has 16 heavy (non-hydrogen) atoms. The first-order chi connectivity index (χ1) is 7.54. The summed E-state index contributed by atoms with van der Waals surface area (Å²) in [7, 11) is 0. The number of hydrogen-bond donors (Lipinski definition) is 0. The molecule has 1 aliphatic carbocycles. The van der Waals surface area contributed by atoms with Crippen molar-refractivity contribution >= 4 is 0 Å². The smallest absolute Gasteiger partial charge is 0.0688 e. The van der Waals surface area contributed by atoms with Crippen molar-refractivity contribution in [2.75, 3.05) is 6.61 Å². The van der Waals surface area contributed by atoms with Crippen LogP contribution in [0.4, 0.5) is 0 Å². The molecule has 0 N–H and O–H groups in total. The van der Waals surface area contributed by atoms with E-state index in [9.17, 15) is 0 Å². The zero-order valence-corrected chi connectivity index (χ0v) is 10.8. The minimum absolute atomic E-state index is 0.270. The standard InChI is InChI=1S/C15H22O/c1-5-16-13-10-11-8-6-7-9-12(11)14(13)15(2,3)4/h6-9,13-14H,5,10H2,1-4H3. The van der Waals surface area contributed by atoms with Gasteiger partial charge < -0.3 is 4.74 Å². The molecule has 0 amide bonds. The molecule has 0 heterocycles. The molecule has 0 bridgehead atoms. The zero-order valence-electron chi connectivity index (χ0n) is 10.8. The van der Waals surface area contributed by atoms with Gasteiger partial charge in [0.2, 0.25) is 0 Å². The van der Waals surface area contributed by atoms with Gasteiger partial charge in [-0.1, -0.05) is 45.0 Å². The first kappa shape index (κ1) is 11.7. The molecular weight excluding hydrogens is 196 g/mol. The van der Waals surface area contributed by atoms with E-state index in [1.54, 1.807) is 0 Å². The van der Waals surface area contributed by atoms with Crippen LogP contribution in [0.15, 0.2) is 24.3 Å². The van der Waals surface area contributed by atoms with Crippen LogP contribution < -0.4 is 0 Å². The molecule has 88 valence electrons. The van der Waals surface area contributed by atoms with Crippen LogP contribution in [0.5, 0.6) is 0 Å². The summed E-state index contributed by atoms with van der Waals surface area (Å²) in [6.45, 7) is 9.83. The number of fused-ring (bicyclic) bond motifs is 1. The van der Waals surface area contributed by atoms with Gasteiger partial charge in [0.1, 0.15) is 0 Å².